The number of benzene rings is 2. The molecule has 7 rings (SSSR count). The fourth-order valence-electron chi connectivity index (χ4n) is 6.83. The summed E-state index contributed by atoms with van der Waals surface area (Å²) in [5, 5.41) is 18.5. The van der Waals surface area contributed by atoms with E-state index in [-0.39, 0.29) is 37.6 Å². The summed E-state index contributed by atoms with van der Waals surface area (Å²) in [5.74, 6) is 4.55. The largest absolute Gasteiger partial charge is 0.477 e. The summed E-state index contributed by atoms with van der Waals surface area (Å²) in [5.41, 5.74) is 13.9. The highest BCUT2D eigenvalue weighted by molar-refractivity contribution is 6.35. The van der Waals surface area contributed by atoms with Gasteiger partial charge in [-0.05, 0) is 59.5 Å². The van der Waals surface area contributed by atoms with Crippen molar-refractivity contribution in [1.29, 1.82) is 0 Å². The van der Waals surface area contributed by atoms with Crippen molar-refractivity contribution in [2.24, 2.45) is 11.7 Å². The van der Waals surface area contributed by atoms with E-state index in [4.69, 9.17) is 23.1 Å². The summed E-state index contributed by atoms with van der Waals surface area (Å²) >= 11 is 0. The lowest BCUT2D eigenvalue weighted by atomic mass is 9.99. The van der Waals surface area contributed by atoms with E-state index in [9.17, 15) is 4.79 Å². The van der Waals surface area contributed by atoms with Crippen LogP contribution in [-0.4, -0.2) is 76.5 Å². The first kappa shape index (κ1) is 43.9. The second kappa shape index (κ2) is 20.6. The predicted octanol–water partition coefficient (Wildman–Crippen LogP) is 5.48. The Morgan fingerprint density at radius 2 is 1.73 bits per heavy atom. The van der Waals surface area contributed by atoms with Crippen molar-refractivity contribution in [2.45, 2.75) is 58.7 Å². The van der Waals surface area contributed by atoms with Gasteiger partial charge in [0.15, 0.2) is 11.6 Å². The molecule has 0 bridgehead atoms. The van der Waals surface area contributed by atoms with Crippen molar-refractivity contribution in [2.75, 3.05) is 48.0 Å². The van der Waals surface area contributed by atoms with Crippen molar-refractivity contribution in [1.82, 2.24) is 35.5 Å². The van der Waals surface area contributed by atoms with Crippen LogP contribution in [-0.2, 0) is 16.3 Å². The van der Waals surface area contributed by atoms with Gasteiger partial charge in [0.05, 0.1) is 31.8 Å². The number of ether oxygens (including phenoxy) is 2. The number of hydrogen-bond donors (Lipinski definition) is 7. The standard InChI is InChI=1S/C46H54BN13O3/c1-6-19-62-43-24-40(54-46(55-43)49-25-34(61)21-37(48)32-15-11-8-12-16-32)52-41-23-39(33-17-18-33)60(58-41)28-63-35(20-30(4)31-13-9-7-10-14-31)26-50-45-51-27-36(47)44(56-45)53-42-22-38(29(2)3)59(5)57-42/h7-16,20-24,27,29,33,38,57H,4,6,17-19,25-26,28H2,1-3,5H3,(H6,48,49,50,51,52,53,54,55,56,58,61)/p+1/b35-20-. The molecule has 5 aromatic rings. The van der Waals surface area contributed by atoms with E-state index in [1.54, 1.807) is 12.3 Å². The maximum absolute atomic E-state index is 12.8. The molecule has 1 aliphatic heterocycles. The van der Waals surface area contributed by atoms with Crippen LogP contribution < -0.4 is 47.3 Å². The molecule has 4 heterocycles. The Morgan fingerprint density at radius 1 is 1.00 bits per heavy atom. The number of ketones is 1. The maximum atomic E-state index is 12.8. The van der Waals surface area contributed by atoms with E-state index in [2.05, 4.69) is 84.3 Å². The number of likely N-dealkylation sites (N-methyl/N-ethyl adjacent to an activating group) is 1. The van der Waals surface area contributed by atoms with Crippen LogP contribution in [0.5, 0.6) is 5.88 Å². The Hall–Kier alpha value is -7.14. The van der Waals surface area contributed by atoms with Gasteiger partial charge in [0.1, 0.15) is 31.1 Å². The van der Waals surface area contributed by atoms with Gasteiger partial charge in [0.25, 0.3) is 0 Å². The van der Waals surface area contributed by atoms with E-state index in [0.717, 1.165) is 47.5 Å². The van der Waals surface area contributed by atoms with Gasteiger partial charge in [-0.2, -0.15) is 15.0 Å². The molecule has 3 aromatic heterocycles. The molecule has 1 unspecified atom stereocenters. The van der Waals surface area contributed by atoms with Crippen LogP contribution in [0.1, 0.15) is 62.8 Å². The van der Waals surface area contributed by atoms with Crippen LogP contribution >= 0.6 is 0 Å². The van der Waals surface area contributed by atoms with Gasteiger partial charge in [-0.3, -0.25) is 4.79 Å². The zero-order valence-corrected chi connectivity index (χ0v) is 36.2. The number of anilines is 5. The van der Waals surface area contributed by atoms with Gasteiger partial charge < -0.3 is 41.9 Å². The highest BCUT2D eigenvalue weighted by Gasteiger charge is 2.35. The third-order valence-corrected chi connectivity index (χ3v) is 10.2. The SMILES string of the molecule is [B]c1cnc(NC/C(=C/C(=C)c2ccccc2)OC[n+]2[nH]c(Nc3cc(OCCC)nc(NCC(=O)/C=C(\N)c4ccccc4)n3)cc2C2CC2)nc1NC1=CC(C(C)C)N(C)N1. The maximum Gasteiger partial charge on any atom is 0.314 e. The van der Waals surface area contributed by atoms with Crippen LogP contribution in [0.25, 0.3) is 11.3 Å². The third kappa shape index (κ3) is 12.3. The number of H-pyrrole nitrogens is 1. The number of nitrogens with one attached hydrogen (secondary N) is 6. The zero-order valence-electron chi connectivity index (χ0n) is 36.2. The Labute approximate surface area is 369 Å². The molecule has 1 aliphatic carbocycles. The quantitative estimate of drug-likeness (QED) is 0.0152. The van der Waals surface area contributed by atoms with Crippen molar-refractivity contribution >= 4 is 59.7 Å². The van der Waals surface area contributed by atoms with Gasteiger partial charge in [-0.25, -0.2) is 9.99 Å². The zero-order chi connectivity index (χ0) is 44.3. The van der Waals surface area contributed by atoms with Crippen LogP contribution in [0, 0.1) is 5.92 Å². The Balaban J connectivity index is 1.06. The second-order valence-corrected chi connectivity index (χ2v) is 15.8. The minimum atomic E-state index is -0.227. The molecule has 2 radical (unpaired) electrons. The average molecular weight is 849 g/mol. The summed E-state index contributed by atoms with van der Waals surface area (Å²) in [6, 6.07) is 23.3. The summed E-state index contributed by atoms with van der Waals surface area (Å²) in [4.78, 5) is 31.1. The van der Waals surface area contributed by atoms with Crippen LogP contribution in [0.3, 0.4) is 0 Å². The van der Waals surface area contributed by atoms with E-state index in [0.29, 0.717) is 64.6 Å². The van der Waals surface area contributed by atoms with Crippen LogP contribution in [0.15, 0.2) is 115 Å². The molecule has 2 aromatic carbocycles. The lowest BCUT2D eigenvalue weighted by molar-refractivity contribution is -0.784. The molecule has 1 saturated carbocycles. The monoisotopic (exact) mass is 848 g/mol. The second-order valence-electron chi connectivity index (χ2n) is 15.8. The average Bonchev–Trinajstić information content (AvgIpc) is 3.95. The molecule has 0 spiro atoms. The predicted molar refractivity (Wildman–Crippen MR) is 248 cm³/mol. The molecule has 17 heteroatoms. The summed E-state index contributed by atoms with van der Waals surface area (Å²) in [6.07, 6.45) is 9.93. The Kier molecular flexibility index (Phi) is 14.4. The van der Waals surface area contributed by atoms with E-state index in [1.807, 2.05) is 90.4 Å². The molecule has 2 aliphatic rings. The normalized spacial score (nSPS) is 15.4. The Morgan fingerprint density at radius 3 is 2.43 bits per heavy atom. The fraction of sp³-hybridized carbons (Fsp3) is 0.304. The number of allylic oxidation sites excluding steroid dienone is 2. The van der Waals surface area contributed by atoms with E-state index >= 15 is 0 Å². The highest BCUT2D eigenvalue weighted by Crippen LogP contribution is 2.39. The molecule has 1 fully saturated rings. The summed E-state index contributed by atoms with van der Waals surface area (Å²) in [6.45, 7) is 11.5. The molecule has 63 heavy (non-hydrogen) atoms. The van der Waals surface area contributed by atoms with Crippen molar-refractivity contribution in [3.05, 3.63) is 132 Å². The first-order chi connectivity index (χ1) is 30.5. The minimum absolute atomic E-state index is 0.0633. The number of nitrogens with zero attached hydrogens (tertiary/aromatic N) is 6. The molecular weight excluding hydrogens is 793 g/mol. The lowest BCUT2D eigenvalue weighted by Crippen LogP contribution is -2.40. The van der Waals surface area contributed by atoms with E-state index < -0.39 is 0 Å². The minimum Gasteiger partial charge on any atom is -0.477 e. The van der Waals surface area contributed by atoms with Crippen LogP contribution in [0.4, 0.5) is 29.4 Å². The van der Waals surface area contributed by atoms with Crippen molar-refractivity contribution < 1.29 is 19.0 Å². The summed E-state index contributed by atoms with van der Waals surface area (Å²) < 4.78 is 14.4. The Bertz CT molecular complexity index is 2470. The number of aromatic nitrogens is 6. The highest BCUT2D eigenvalue weighted by atomic mass is 16.5. The fourth-order valence-corrected chi connectivity index (χ4v) is 6.83. The number of carbonyl (C=O) groups is 1. The third-order valence-electron chi connectivity index (χ3n) is 10.2. The molecule has 8 N–H and O–H groups in total. The number of hydrazine groups is 1. The molecule has 0 amide bonds. The molecular formula is C46H55BN13O3+. The van der Waals surface area contributed by atoms with Gasteiger partial charge >= 0.3 is 6.73 Å². The topological polar surface area (TPSA) is 196 Å². The first-order valence-electron chi connectivity index (χ1n) is 21.1. The van der Waals surface area contributed by atoms with Gasteiger partial charge in [-0.15, -0.1) is 5.10 Å². The van der Waals surface area contributed by atoms with Gasteiger partial charge in [-0.1, -0.05) is 92.7 Å². The number of hydrogen-bond acceptors (Lipinski definition) is 14. The van der Waals surface area contributed by atoms with Crippen molar-refractivity contribution in [3.63, 3.8) is 0 Å². The molecule has 0 saturated heterocycles. The number of rotatable bonds is 22. The van der Waals surface area contributed by atoms with Crippen molar-refractivity contribution in [3.8, 4) is 5.88 Å². The van der Waals surface area contributed by atoms with Gasteiger partial charge in [0, 0.05) is 37.0 Å². The molecule has 16 nitrogen and oxygen atoms in total. The number of aromatic amines is 1. The first-order valence-corrected chi connectivity index (χ1v) is 21.1. The smallest absolute Gasteiger partial charge is 0.314 e. The molecule has 324 valence electrons. The van der Waals surface area contributed by atoms with Gasteiger partial charge in [0.2, 0.25) is 23.5 Å². The van der Waals surface area contributed by atoms with E-state index in [1.165, 1.54) is 6.08 Å². The van der Waals surface area contributed by atoms with Crippen LogP contribution in [0.2, 0.25) is 0 Å². The lowest BCUT2D eigenvalue weighted by Gasteiger charge is -2.22. The molecule has 1 atom stereocenters. The summed E-state index contributed by atoms with van der Waals surface area (Å²) in [7, 11) is 8.30. The number of nitrogens with two attached hydrogens (primary N) is 1. The number of carbonyl (C=O) groups excluding carboxylic acids is 1.